The highest BCUT2D eigenvalue weighted by molar-refractivity contribution is 6.24. The van der Waals surface area contributed by atoms with E-state index in [2.05, 4.69) is 0 Å². The molecule has 0 fully saturated rings. The monoisotopic (exact) mass is 370 g/mol. The van der Waals surface area contributed by atoms with Crippen LogP contribution in [0.3, 0.4) is 0 Å². The number of rotatable bonds is 6. The van der Waals surface area contributed by atoms with Crippen LogP contribution in [0.15, 0.2) is 36.4 Å². The van der Waals surface area contributed by atoms with Crippen LogP contribution in [-0.4, -0.2) is 48.2 Å². The summed E-state index contributed by atoms with van der Waals surface area (Å²) in [7, 11) is 2.83. The average molecular weight is 370 g/mol. The summed E-state index contributed by atoms with van der Waals surface area (Å²) in [6, 6.07) is 8.28. The van der Waals surface area contributed by atoms with Gasteiger partial charge in [-0.05, 0) is 18.2 Å². The molecule has 9 nitrogen and oxygen atoms in total. The van der Waals surface area contributed by atoms with E-state index >= 15 is 0 Å². The number of hydrogen-bond donors (Lipinski definition) is 0. The molecule has 0 saturated heterocycles. The van der Waals surface area contributed by atoms with Crippen molar-refractivity contribution in [3.63, 3.8) is 0 Å². The van der Waals surface area contributed by atoms with E-state index in [4.69, 9.17) is 9.47 Å². The summed E-state index contributed by atoms with van der Waals surface area (Å²) in [5.74, 6) is -1.48. The molecule has 2 aromatic rings. The van der Waals surface area contributed by atoms with Gasteiger partial charge in [-0.25, -0.2) is 0 Å². The summed E-state index contributed by atoms with van der Waals surface area (Å²) in [6.45, 7) is -0.563. The van der Waals surface area contributed by atoms with Crippen LogP contribution >= 0.6 is 0 Å². The molecule has 2 amide bonds. The molecule has 0 saturated carbocycles. The lowest BCUT2D eigenvalue weighted by atomic mass is 10.1. The molecule has 0 aliphatic carbocycles. The van der Waals surface area contributed by atoms with Crippen molar-refractivity contribution < 1.29 is 28.8 Å². The smallest absolute Gasteiger partial charge is 0.282 e. The third kappa shape index (κ3) is 2.99. The van der Waals surface area contributed by atoms with Crippen molar-refractivity contribution in [1.29, 1.82) is 0 Å². The highest BCUT2D eigenvalue weighted by atomic mass is 16.6. The number of Topliss-reactive ketones (excluding diaryl/α,β-unsaturated/α-hetero) is 1. The Hall–Kier alpha value is -3.75. The largest absolute Gasteiger partial charge is 0.497 e. The van der Waals surface area contributed by atoms with E-state index in [1.165, 1.54) is 38.5 Å². The van der Waals surface area contributed by atoms with Gasteiger partial charge in [-0.3, -0.25) is 29.4 Å². The van der Waals surface area contributed by atoms with Gasteiger partial charge in [-0.15, -0.1) is 0 Å². The van der Waals surface area contributed by atoms with Gasteiger partial charge in [0.1, 0.15) is 17.1 Å². The Kier molecular flexibility index (Phi) is 4.59. The van der Waals surface area contributed by atoms with Gasteiger partial charge in [0.2, 0.25) is 0 Å². The third-order valence-corrected chi connectivity index (χ3v) is 4.18. The molecule has 27 heavy (non-hydrogen) atoms. The van der Waals surface area contributed by atoms with Crippen LogP contribution < -0.4 is 9.47 Å². The molecule has 0 spiro atoms. The molecule has 1 aliphatic rings. The number of carbonyl (C=O) groups is 3. The first-order valence-corrected chi connectivity index (χ1v) is 7.77. The minimum Gasteiger partial charge on any atom is -0.497 e. The number of imide groups is 1. The quantitative estimate of drug-likeness (QED) is 0.331. The van der Waals surface area contributed by atoms with Crippen LogP contribution in [0, 0.1) is 10.1 Å². The Balaban J connectivity index is 1.92. The second-order valence-corrected chi connectivity index (χ2v) is 5.64. The summed E-state index contributed by atoms with van der Waals surface area (Å²) >= 11 is 0. The molecule has 0 atom stereocenters. The summed E-state index contributed by atoms with van der Waals surface area (Å²) in [5.41, 5.74) is -0.710. The standard InChI is InChI=1S/C18H14N2O7/c1-26-10-6-7-11(15(8-10)27-2)14(21)9-19-17(22)12-4-3-5-13(20(24)25)16(12)18(19)23/h3-8H,9H2,1-2H3. The molecular formula is C18H14N2O7. The summed E-state index contributed by atoms with van der Waals surface area (Å²) < 4.78 is 10.2. The highest BCUT2D eigenvalue weighted by Gasteiger charge is 2.41. The van der Waals surface area contributed by atoms with E-state index in [0.29, 0.717) is 10.6 Å². The Bertz CT molecular complexity index is 984. The Labute approximate surface area is 153 Å². The normalized spacial score (nSPS) is 12.7. The predicted octanol–water partition coefficient (Wildman–Crippen LogP) is 2.09. The van der Waals surface area contributed by atoms with E-state index in [9.17, 15) is 24.5 Å². The van der Waals surface area contributed by atoms with E-state index in [0.717, 1.165) is 6.07 Å². The zero-order chi connectivity index (χ0) is 19.7. The van der Waals surface area contributed by atoms with Gasteiger partial charge < -0.3 is 9.47 Å². The van der Waals surface area contributed by atoms with Crippen molar-refractivity contribution in [2.24, 2.45) is 0 Å². The molecule has 0 unspecified atom stereocenters. The maximum absolute atomic E-state index is 12.6. The summed E-state index contributed by atoms with van der Waals surface area (Å²) in [5, 5.41) is 11.1. The van der Waals surface area contributed by atoms with E-state index in [-0.39, 0.29) is 22.4 Å². The number of hydrogen-bond acceptors (Lipinski definition) is 7. The van der Waals surface area contributed by atoms with Crippen molar-refractivity contribution >= 4 is 23.3 Å². The topological polar surface area (TPSA) is 116 Å². The van der Waals surface area contributed by atoms with Crippen LogP contribution in [0.5, 0.6) is 11.5 Å². The fraction of sp³-hybridized carbons (Fsp3) is 0.167. The third-order valence-electron chi connectivity index (χ3n) is 4.18. The number of nitrogens with zero attached hydrogens (tertiary/aromatic N) is 2. The number of benzene rings is 2. The molecule has 1 heterocycles. The lowest BCUT2D eigenvalue weighted by Crippen LogP contribution is -2.35. The maximum atomic E-state index is 12.6. The molecule has 9 heteroatoms. The van der Waals surface area contributed by atoms with Crippen molar-refractivity contribution in [2.45, 2.75) is 0 Å². The molecule has 3 rings (SSSR count). The van der Waals surface area contributed by atoms with E-state index < -0.39 is 34.8 Å². The fourth-order valence-corrected chi connectivity index (χ4v) is 2.87. The van der Waals surface area contributed by atoms with Crippen molar-refractivity contribution in [1.82, 2.24) is 4.90 Å². The number of carbonyl (C=O) groups excluding carboxylic acids is 3. The first-order chi connectivity index (χ1) is 12.9. The molecule has 2 aromatic carbocycles. The van der Waals surface area contributed by atoms with Gasteiger partial charge in [-0.1, -0.05) is 6.07 Å². The number of fused-ring (bicyclic) bond motifs is 1. The molecule has 0 N–H and O–H groups in total. The number of ether oxygens (including phenoxy) is 2. The van der Waals surface area contributed by atoms with Gasteiger partial charge in [0, 0.05) is 12.1 Å². The van der Waals surface area contributed by atoms with Gasteiger partial charge in [-0.2, -0.15) is 0 Å². The minimum atomic E-state index is -0.872. The average Bonchev–Trinajstić information content (AvgIpc) is 2.92. The van der Waals surface area contributed by atoms with E-state index in [1.807, 2.05) is 0 Å². The number of nitro benzene ring substituents is 1. The highest BCUT2D eigenvalue weighted by Crippen LogP contribution is 2.31. The van der Waals surface area contributed by atoms with E-state index in [1.54, 1.807) is 6.07 Å². The van der Waals surface area contributed by atoms with Crippen molar-refractivity contribution in [3.8, 4) is 11.5 Å². The van der Waals surface area contributed by atoms with Gasteiger partial charge in [0.15, 0.2) is 5.78 Å². The molecule has 0 radical (unpaired) electrons. The predicted molar refractivity (Wildman–Crippen MR) is 92.3 cm³/mol. The van der Waals surface area contributed by atoms with Gasteiger partial charge in [0.25, 0.3) is 17.5 Å². The lowest BCUT2D eigenvalue weighted by molar-refractivity contribution is -0.385. The van der Waals surface area contributed by atoms with Gasteiger partial charge in [0.05, 0.1) is 36.8 Å². The molecule has 1 aliphatic heterocycles. The van der Waals surface area contributed by atoms with Crippen LogP contribution in [0.25, 0.3) is 0 Å². The fourth-order valence-electron chi connectivity index (χ4n) is 2.87. The molecule has 0 aromatic heterocycles. The number of methoxy groups -OCH3 is 2. The van der Waals surface area contributed by atoms with Crippen molar-refractivity contribution in [2.75, 3.05) is 20.8 Å². The minimum absolute atomic E-state index is 0.0938. The SMILES string of the molecule is COc1ccc(C(=O)CN2C(=O)c3cccc([N+](=O)[O-])c3C2=O)c(OC)c1. The van der Waals surface area contributed by atoms with Crippen LogP contribution in [0.1, 0.15) is 31.1 Å². The van der Waals surface area contributed by atoms with Crippen LogP contribution in [0.4, 0.5) is 5.69 Å². The second kappa shape index (κ2) is 6.87. The molecular weight excluding hydrogens is 356 g/mol. The number of ketones is 1. The maximum Gasteiger partial charge on any atom is 0.282 e. The van der Waals surface area contributed by atoms with Crippen LogP contribution in [0.2, 0.25) is 0 Å². The Morgan fingerprint density at radius 1 is 1.11 bits per heavy atom. The first-order valence-electron chi connectivity index (χ1n) is 7.77. The summed E-state index contributed by atoms with van der Waals surface area (Å²) in [6.07, 6.45) is 0. The zero-order valence-corrected chi connectivity index (χ0v) is 14.4. The number of nitro groups is 1. The summed E-state index contributed by atoms with van der Waals surface area (Å²) in [4.78, 5) is 48.8. The second-order valence-electron chi connectivity index (χ2n) is 5.64. The molecule has 0 bridgehead atoms. The molecule has 138 valence electrons. The lowest BCUT2D eigenvalue weighted by Gasteiger charge is -2.14. The number of amides is 2. The Morgan fingerprint density at radius 2 is 1.85 bits per heavy atom. The zero-order valence-electron chi connectivity index (χ0n) is 14.4. The van der Waals surface area contributed by atoms with Crippen molar-refractivity contribution in [3.05, 3.63) is 63.2 Å². The van der Waals surface area contributed by atoms with Crippen LogP contribution in [-0.2, 0) is 0 Å². The van der Waals surface area contributed by atoms with Gasteiger partial charge >= 0.3 is 0 Å². The Morgan fingerprint density at radius 3 is 2.48 bits per heavy atom. The first kappa shape index (κ1) is 18.1.